The summed E-state index contributed by atoms with van der Waals surface area (Å²) in [6.45, 7) is 1.05. The van der Waals surface area contributed by atoms with Crippen LogP contribution in [0.3, 0.4) is 0 Å². The Kier molecular flexibility index (Phi) is 4.12. The first kappa shape index (κ1) is 10.1. The summed E-state index contributed by atoms with van der Waals surface area (Å²) in [5.41, 5.74) is 0.239. The molecule has 0 aromatic heterocycles. The van der Waals surface area contributed by atoms with Gasteiger partial charge >= 0.3 is 0 Å². The third-order valence-electron chi connectivity index (χ3n) is 0.738. The fraction of sp³-hybridized carbons (Fsp3) is 0.500. The molecule has 0 unspecified atom stereocenters. The van der Waals surface area contributed by atoms with Crippen LogP contribution in [0.2, 0.25) is 0 Å². The molecular weight excluding hydrogens is 172 g/mol. The molecule has 0 saturated heterocycles. The van der Waals surface area contributed by atoms with Crippen molar-refractivity contribution < 1.29 is 19.8 Å². The molecule has 0 amide bonds. The molecule has 0 aliphatic heterocycles. The molecule has 8 nitrogen and oxygen atoms in total. The molecule has 0 aliphatic carbocycles. The second-order valence-electron chi connectivity index (χ2n) is 1.79. The van der Waals surface area contributed by atoms with E-state index in [0.29, 0.717) is 0 Å². The Morgan fingerprint density at radius 2 is 2.00 bits per heavy atom. The van der Waals surface area contributed by atoms with Gasteiger partial charge in [-0.1, -0.05) is 0 Å². The molecule has 0 N–H and O–H groups in total. The Bertz CT molecular complexity index is 212. The van der Waals surface area contributed by atoms with Crippen LogP contribution in [-0.4, -0.2) is 16.8 Å². The minimum atomic E-state index is -1.03. The molecule has 0 rings (SSSR count). The van der Waals surface area contributed by atoms with Crippen LogP contribution in [-0.2, 0) is 9.68 Å². The van der Waals surface area contributed by atoms with Gasteiger partial charge in [-0.2, -0.15) is 0 Å². The molecule has 0 bridgehead atoms. The zero-order valence-electron chi connectivity index (χ0n) is 6.13. The molecular formula is C4H6N2O6. The summed E-state index contributed by atoms with van der Waals surface area (Å²) in [5, 5.41) is 17.2. The van der Waals surface area contributed by atoms with Gasteiger partial charge in [0.2, 0.25) is 0 Å². The van der Waals surface area contributed by atoms with Crippen LogP contribution in [0.15, 0.2) is 11.8 Å². The smallest absolute Gasteiger partial charge is 0.299 e. The van der Waals surface area contributed by atoms with Crippen molar-refractivity contribution in [1.29, 1.82) is 0 Å². The molecule has 0 fully saturated rings. The third-order valence-corrected chi connectivity index (χ3v) is 0.738. The lowest BCUT2D eigenvalue weighted by atomic mass is 10.4. The lowest BCUT2D eigenvalue weighted by molar-refractivity contribution is -0.756. The lowest BCUT2D eigenvalue weighted by Crippen LogP contribution is -2.04. The minimum absolute atomic E-state index is 0.239. The van der Waals surface area contributed by atoms with Crippen LogP contribution >= 0.6 is 0 Å². The monoisotopic (exact) mass is 178 g/mol. The van der Waals surface area contributed by atoms with E-state index in [9.17, 15) is 20.2 Å². The minimum Gasteiger partial charge on any atom is -0.309 e. The summed E-state index contributed by atoms with van der Waals surface area (Å²) in [6.07, 6.45) is 0.767. The number of nitrogens with zero attached hydrogens (tertiary/aromatic N) is 2. The van der Waals surface area contributed by atoms with Gasteiger partial charge in [0.05, 0.1) is 6.26 Å². The standard InChI is InChI=1S/C4H6N2O6/c1-4(2-11-5(7)8)3-12-6(9)10/h2H,3H2,1H3/b4-2+. The molecule has 0 heterocycles. The molecule has 0 aliphatic rings. The van der Waals surface area contributed by atoms with Crippen molar-refractivity contribution in [2.75, 3.05) is 6.61 Å². The van der Waals surface area contributed by atoms with Crippen molar-refractivity contribution in [3.63, 3.8) is 0 Å². The van der Waals surface area contributed by atoms with E-state index in [1.165, 1.54) is 6.92 Å². The maximum Gasteiger partial charge on any atom is 0.299 e. The Morgan fingerprint density at radius 1 is 1.42 bits per heavy atom. The Labute approximate surface area is 66.6 Å². The van der Waals surface area contributed by atoms with E-state index in [-0.39, 0.29) is 12.2 Å². The van der Waals surface area contributed by atoms with Gasteiger partial charge in [0, 0.05) is 0 Å². The van der Waals surface area contributed by atoms with Crippen molar-refractivity contribution in [3.05, 3.63) is 32.1 Å². The summed E-state index contributed by atoms with van der Waals surface area (Å²) >= 11 is 0. The fourth-order valence-corrected chi connectivity index (χ4v) is 0.322. The topological polar surface area (TPSA) is 105 Å². The normalized spacial score (nSPS) is 10.6. The summed E-state index contributed by atoms with van der Waals surface area (Å²) in [6, 6.07) is 0. The van der Waals surface area contributed by atoms with Gasteiger partial charge in [-0.05, 0) is 12.5 Å². The van der Waals surface area contributed by atoms with Gasteiger partial charge in [0.15, 0.2) is 0 Å². The van der Waals surface area contributed by atoms with E-state index >= 15 is 0 Å². The molecule has 8 heteroatoms. The van der Waals surface area contributed by atoms with Gasteiger partial charge in [-0.3, -0.25) is 4.84 Å². The van der Waals surface area contributed by atoms with E-state index in [4.69, 9.17) is 0 Å². The number of hydrogen-bond donors (Lipinski definition) is 0. The Morgan fingerprint density at radius 3 is 2.42 bits per heavy atom. The van der Waals surface area contributed by atoms with Crippen molar-refractivity contribution >= 4 is 0 Å². The van der Waals surface area contributed by atoms with Crippen LogP contribution in [0.1, 0.15) is 6.92 Å². The predicted octanol–water partition coefficient (Wildman–Crippen LogP) is 0.307. The van der Waals surface area contributed by atoms with Gasteiger partial charge in [0.1, 0.15) is 6.61 Å². The van der Waals surface area contributed by atoms with E-state index in [0.717, 1.165) is 6.26 Å². The van der Waals surface area contributed by atoms with Gasteiger partial charge in [0.25, 0.3) is 10.2 Å². The predicted molar refractivity (Wildman–Crippen MR) is 34.8 cm³/mol. The van der Waals surface area contributed by atoms with Crippen LogP contribution in [0.25, 0.3) is 0 Å². The van der Waals surface area contributed by atoms with Gasteiger partial charge in [-0.25, -0.2) is 0 Å². The average molecular weight is 178 g/mol. The molecule has 68 valence electrons. The van der Waals surface area contributed by atoms with E-state index in [1.807, 2.05) is 0 Å². The first-order chi connectivity index (χ1) is 5.52. The quantitative estimate of drug-likeness (QED) is 0.340. The fourth-order valence-electron chi connectivity index (χ4n) is 0.322. The number of hydrogen-bond acceptors (Lipinski definition) is 6. The van der Waals surface area contributed by atoms with Gasteiger partial charge in [-0.15, -0.1) is 20.2 Å². The lowest BCUT2D eigenvalue weighted by Gasteiger charge is -1.97. The molecule has 0 radical (unpaired) electrons. The van der Waals surface area contributed by atoms with Crippen LogP contribution in [0.5, 0.6) is 0 Å². The molecule has 0 atom stereocenters. The van der Waals surface area contributed by atoms with Crippen LogP contribution in [0, 0.1) is 20.2 Å². The first-order valence-corrected chi connectivity index (χ1v) is 2.76. The summed E-state index contributed by atoms with van der Waals surface area (Å²) < 4.78 is 0. The second kappa shape index (κ2) is 4.88. The van der Waals surface area contributed by atoms with E-state index < -0.39 is 10.2 Å². The molecule has 0 saturated carbocycles. The highest BCUT2D eigenvalue weighted by molar-refractivity contribution is 4.91. The highest BCUT2D eigenvalue weighted by Crippen LogP contribution is 1.94. The molecule has 0 aromatic rings. The van der Waals surface area contributed by atoms with E-state index in [1.54, 1.807) is 0 Å². The molecule has 0 spiro atoms. The average Bonchev–Trinajstić information content (AvgIpc) is 1.96. The summed E-state index contributed by atoms with van der Waals surface area (Å²) in [4.78, 5) is 26.9. The molecule has 12 heavy (non-hydrogen) atoms. The SMILES string of the molecule is C/C(=C\O[N+](=O)[O-])CO[N+](=O)[O-]. The third kappa shape index (κ3) is 6.26. The maximum atomic E-state index is 9.62. The van der Waals surface area contributed by atoms with Crippen molar-refractivity contribution in [3.8, 4) is 0 Å². The van der Waals surface area contributed by atoms with Crippen LogP contribution < -0.4 is 0 Å². The largest absolute Gasteiger partial charge is 0.309 e. The van der Waals surface area contributed by atoms with Crippen molar-refractivity contribution in [2.24, 2.45) is 0 Å². The zero-order valence-corrected chi connectivity index (χ0v) is 6.13. The maximum absolute atomic E-state index is 9.62. The van der Waals surface area contributed by atoms with Crippen molar-refractivity contribution in [1.82, 2.24) is 0 Å². The highest BCUT2D eigenvalue weighted by Gasteiger charge is 1.97. The first-order valence-electron chi connectivity index (χ1n) is 2.76. The van der Waals surface area contributed by atoms with Crippen LogP contribution in [0.4, 0.5) is 0 Å². The Balaban J connectivity index is 3.70. The van der Waals surface area contributed by atoms with Gasteiger partial charge < -0.3 is 4.84 Å². The van der Waals surface area contributed by atoms with E-state index in [2.05, 4.69) is 9.68 Å². The summed E-state index contributed by atoms with van der Waals surface area (Å²) in [5.74, 6) is 0. The molecule has 0 aromatic carbocycles. The highest BCUT2D eigenvalue weighted by atomic mass is 17.0. The second-order valence-corrected chi connectivity index (χ2v) is 1.79. The zero-order chi connectivity index (χ0) is 9.56. The van der Waals surface area contributed by atoms with Crippen molar-refractivity contribution in [2.45, 2.75) is 6.92 Å². The Hall–Kier alpha value is -1.86. The number of rotatable bonds is 5. The summed E-state index contributed by atoms with van der Waals surface area (Å²) in [7, 11) is 0.